The molecule has 0 saturated carbocycles. The van der Waals surface area contributed by atoms with Crippen molar-refractivity contribution in [1.29, 1.82) is 5.26 Å². The summed E-state index contributed by atoms with van der Waals surface area (Å²) in [6.07, 6.45) is 0. The number of benzene rings is 1. The molecule has 1 rings (SSSR count). The van der Waals surface area contributed by atoms with Crippen molar-refractivity contribution in [2.45, 2.75) is 13.8 Å². The van der Waals surface area contributed by atoms with Gasteiger partial charge in [0.25, 0.3) is 0 Å². The van der Waals surface area contributed by atoms with Crippen molar-refractivity contribution in [1.82, 2.24) is 0 Å². The molecule has 0 bridgehead atoms. The molecule has 0 fully saturated rings. The third kappa shape index (κ3) is 1.52. The molecule has 3 nitrogen and oxygen atoms in total. The Balaban J connectivity index is 3.53. The molecule has 0 aliphatic carbocycles. The number of nitriles is 1. The Morgan fingerprint density at radius 3 is 2.54 bits per heavy atom. The second kappa shape index (κ2) is 3.28. The van der Waals surface area contributed by atoms with Crippen LogP contribution in [0.4, 0.5) is 0 Å². The fraction of sp³-hybridized carbons (Fsp3) is 0.200. The van der Waals surface area contributed by atoms with Crippen molar-refractivity contribution in [3.05, 3.63) is 34.4 Å². The smallest absolute Gasteiger partial charge is 0.337 e. The van der Waals surface area contributed by atoms with Gasteiger partial charge in [-0.05, 0) is 31.0 Å². The summed E-state index contributed by atoms with van der Waals surface area (Å²) in [4.78, 5) is 10.8. The normalized spacial score (nSPS) is 9.31. The molecule has 0 aromatic heterocycles. The van der Waals surface area contributed by atoms with E-state index in [1.54, 1.807) is 13.0 Å². The molecular formula is C10H9NO2. The Labute approximate surface area is 76.2 Å². The van der Waals surface area contributed by atoms with Crippen molar-refractivity contribution in [3.63, 3.8) is 0 Å². The van der Waals surface area contributed by atoms with Gasteiger partial charge in [-0.1, -0.05) is 6.07 Å². The standard InChI is InChI=1S/C10H9NO2/c1-6-3-4-8(5-11)9(7(6)2)10(12)13/h3-4H,1-2H3,(H,12,13). The van der Waals surface area contributed by atoms with Gasteiger partial charge in [0, 0.05) is 0 Å². The van der Waals surface area contributed by atoms with Gasteiger partial charge < -0.3 is 5.11 Å². The van der Waals surface area contributed by atoms with Gasteiger partial charge in [-0.3, -0.25) is 0 Å². The highest BCUT2D eigenvalue weighted by molar-refractivity contribution is 5.92. The molecule has 0 heterocycles. The molecule has 13 heavy (non-hydrogen) atoms. The molecular weight excluding hydrogens is 166 g/mol. The van der Waals surface area contributed by atoms with Gasteiger partial charge in [-0.25, -0.2) is 4.79 Å². The van der Waals surface area contributed by atoms with Gasteiger partial charge in [0.1, 0.15) is 6.07 Å². The summed E-state index contributed by atoms with van der Waals surface area (Å²) >= 11 is 0. The van der Waals surface area contributed by atoms with E-state index in [-0.39, 0.29) is 11.1 Å². The van der Waals surface area contributed by atoms with Crippen LogP contribution in [0.25, 0.3) is 0 Å². The number of nitrogens with zero attached hydrogens (tertiary/aromatic N) is 1. The van der Waals surface area contributed by atoms with Crippen LogP contribution in [-0.2, 0) is 0 Å². The van der Waals surface area contributed by atoms with Crippen LogP contribution in [0.2, 0.25) is 0 Å². The number of rotatable bonds is 1. The van der Waals surface area contributed by atoms with Gasteiger partial charge in [-0.2, -0.15) is 5.26 Å². The number of hydrogen-bond donors (Lipinski definition) is 1. The summed E-state index contributed by atoms with van der Waals surface area (Å²) in [6.45, 7) is 3.53. The molecule has 3 heteroatoms. The summed E-state index contributed by atoms with van der Waals surface area (Å²) in [5.74, 6) is -1.04. The number of aromatic carboxylic acids is 1. The van der Waals surface area contributed by atoms with E-state index in [1.165, 1.54) is 6.07 Å². The quantitative estimate of drug-likeness (QED) is 0.708. The van der Waals surface area contributed by atoms with E-state index in [2.05, 4.69) is 0 Å². The number of aryl methyl sites for hydroxylation is 1. The van der Waals surface area contributed by atoms with Crippen molar-refractivity contribution >= 4 is 5.97 Å². The SMILES string of the molecule is Cc1ccc(C#N)c(C(=O)O)c1C. The molecule has 0 saturated heterocycles. The van der Waals surface area contributed by atoms with Crippen molar-refractivity contribution in [2.75, 3.05) is 0 Å². The van der Waals surface area contributed by atoms with E-state index in [9.17, 15) is 4.79 Å². The minimum absolute atomic E-state index is 0.113. The zero-order chi connectivity index (χ0) is 10.0. The van der Waals surface area contributed by atoms with E-state index in [0.717, 1.165) is 5.56 Å². The zero-order valence-corrected chi connectivity index (χ0v) is 7.46. The van der Waals surface area contributed by atoms with Crippen LogP contribution in [0.5, 0.6) is 0 Å². The molecule has 0 amide bonds. The summed E-state index contributed by atoms with van der Waals surface area (Å²) in [5.41, 5.74) is 1.88. The summed E-state index contributed by atoms with van der Waals surface area (Å²) in [6, 6.07) is 5.15. The van der Waals surface area contributed by atoms with Crippen LogP contribution in [0, 0.1) is 25.2 Å². The maximum atomic E-state index is 10.8. The Morgan fingerprint density at radius 2 is 2.08 bits per heavy atom. The van der Waals surface area contributed by atoms with Crippen molar-refractivity contribution in [3.8, 4) is 6.07 Å². The monoisotopic (exact) mass is 175 g/mol. The lowest BCUT2D eigenvalue weighted by Gasteiger charge is -2.05. The molecule has 1 N–H and O–H groups in total. The second-order valence-corrected chi connectivity index (χ2v) is 2.85. The molecule has 1 aromatic carbocycles. The molecule has 66 valence electrons. The first-order chi connectivity index (χ1) is 6.07. The topological polar surface area (TPSA) is 61.1 Å². The minimum atomic E-state index is -1.04. The van der Waals surface area contributed by atoms with Crippen LogP contribution in [0.3, 0.4) is 0 Å². The first kappa shape index (κ1) is 9.27. The number of hydrogen-bond acceptors (Lipinski definition) is 2. The number of carbonyl (C=O) groups is 1. The van der Waals surface area contributed by atoms with E-state index in [1.807, 2.05) is 13.0 Å². The fourth-order valence-electron chi connectivity index (χ4n) is 1.18. The molecule has 0 aliphatic heterocycles. The van der Waals surface area contributed by atoms with Crippen molar-refractivity contribution < 1.29 is 9.90 Å². The van der Waals surface area contributed by atoms with Gasteiger partial charge in [-0.15, -0.1) is 0 Å². The Morgan fingerprint density at radius 1 is 1.46 bits per heavy atom. The first-order valence-electron chi connectivity index (χ1n) is 3.81. The Hall–Kier alpha value is -1.82. The highest BCUT2D eigenvalue weighted by Gasteiger charge is 2.13. The van der Waals surface area contributed by atoms with Crippen LogP contribution < -0.4 is 0 Å². The molecule has 0 unspecified atom stereocenters. The lowest BCUT2D eigenvalue weighted by Crippen LogP contribution is -2.04. The Kier molecular flexibility index (Phi) is 2.34. The van der Waals surface area contributed by atoms with E-state index in [0.29, 0.717) is 5.56 Å². The van der Waals surface area contributed by atoms with E-state index < -0.39 is 5.97 Å². The summed E-state index contributed by atoms with van der Waals surface area (Å²) in [5, 5.41) is 17.5. The maximum Gasteiger partial charge on any atom is 0.337 e. The number of carboxylic acids is 1. The predicted molar refractivity (Wildman–Crippen MR) is 47.6 cm³/mol. The molecule has 1 aromatic rings. The molecule has 0 spiro atoms. The van der Waals surface area contributed by atoms with Crippen molar-refractivity contribution in [2.24, 2.45) is 0 Å². The predicted octanol–water partition coefficient (Wildman–Crippen LogP) is 1.87. The first-order valence-corrected chi connectivity index (χ1v) is 3.81. The van der Waals surface area contributed by atoms with Crippen LogP contribution >= 0.6 is 0 Å². The van der Waals surface area contributed by atoms with E-state index >= 15 is 0 Å². The fourth-order valence-corrected chi connectivity index (χ4v) is 1.18. The lowest BCUT2D eigenvalue weighted by molar-refractivity contribution is 0.0695. The largest absolute Gasteiger partial charge is 0.478 e. The van der Waals surface area contributed by atoms with Crippen LogP contribution in [-0.4, -0.2) is 11.1 Å². The van der Waals surface area contributed by atoms with Gasteiger partial charge in [0.2, 0.25) is 0 Å². The highest BCUT2D eigenvalue weighted by Crippen LogP contribution is 2.17. The van der Waals surface area contributed by atoms with Gasteiger partial charge in [0.15, 0.2) is 0 Å². The van der Waals surface area contributed by atoms with Gasteiger partial charge >= 0.3 is 5.97 Å². The third-order valence-electron chi connectivity index (χ3n) is 2.07. The third-order valence-corrected chi connectivity index (χ3v) is 2.07. The second-order valence-electron chi connectivity index (χ2n) is 2.85. The molecule has 0 atom stereocenters. The van der Waals surface area contributed by atoms with E-state index in [4.69, 9.17) is 10.4 Å². The number of carboxylic acid groups (broad SMARTS) is 1. The molecule has 0 aliphatic rings. The van der Waals surface area contributed by atoms with Gasteiger partial charge in [0.05, 0.1) is 11.1 Å². The van der Waals surface area contributed by atoms with Crippen LogP contribution in [0.1, 0.15) is 27.0 Å². The average molecular weight is 175 g/mol. The zero-order valence-electron chi connectivity index (χ0n) is 7.46. The summed E-state index contributed by atoms with van der Waals surface area (Å²) in [7, 11) is 0. The molecule has 0 radical (unpaired) electrons. The minimum Gasteiger partial charge on any atom is -0.478 e. The summed E-state index contributed by atoms with van der Waals surface area (Å²) < 4.78 is 0. The maximum absolute atomic E-state index is 10.8. The average Bonchev–Trinajstić information content (AvgIpc) is 2.08. The van der Waals surface area contributed by atoms with Crippen LogP contribution in [0.15, 0.2) is 12.1 Å². The lowest BCUT2D eigenvalue weighted by atomic mass is 9.98. The Bertz CT molecular complexity index is 402. The highest BCUT2D eigenvalue weighted by atomic mass is 16.4.